The minimum atomic E-state index is -0.205. The molecule has 0 aliphatic heterocycles. The van der Waals surface area contributed by atoms with Crippen LogP contribution in [-0.2, 0) is 0 Å². The molecule has 2 aromatic rings. The highest BCUT2D eigenvalue weighted by molar-refractivity contribution is 6.05. The molecule has 0 aromatic heterocycles. The van der Waals surface area contributed by atoms with Crippen molar-refractivity contribution in [3.8, 4) is 11.5 Å². The van der Waals surface area contributed by atoms with Crippen LogP contribution in [0.25, 0.3) is 0 Å². The Morgan fingerprint density at radius 2 is 1.79 bits per heavy atom. The molecule has 0 aliphatic rings. The first-order valence-electron chi connectivity index (χ1n) is 5.83. The summed E-state index contributed by atoms with van der Waals surface area (Å²) in [6, 6.07) is 14.2. The summed E-state index contributed by atoms with van der Waals surface area (Å²) in [5.74, 6) is 1.06. The van der Waals surface area contributed by atoms with Crippen LogP contribution >= 0.6 is 0 Å². The van der Waals surface area contributed by atoms with Crippen molar-refractivity contribution in [3.05, 3.63) is 54.1 Å². The number of carbonyl (C=O) groups excluding carboxylic acids is 1. The Morgan fingerprint density at radius 3 is 2.53 bits per heavy atom. The maximum atomic E-state index is 12.1. The Hall–Kier alpha value is -2.49. The minimum absolute atomic E-state index is 0.205. The van der Waals surface area contributed by atoms with Gasteiger partial charge in [-0.3, -0.25) is 4.79 Å². The van der Waals surface area contributed by atoms with E-state index in [1.54, 1.807) is 50.6 Å². The quantitative estimate of drug-likeness (QED) is 0.916. The molecule has 1 amide bonds. The van der Waals surface area contributed by atoms with Crippen LogP contribution in [0.3, 0.4) is 0 Å². The van der Waals surface area contributed by atoms with Gasteiger partial charge < -0.3 is 14.8 Å². The van der Waals surface area contributed by atoms with Crippen LogP contribution in [0.1, 0.15) is 10.4 Å². The van der Waals surface area contributed by atoms with E-state index in [1.165, 1.54) is 0 Å². The summed E-state index contributed by atoms with van der Waals surface area (Å²) in [7, 11) is 3.13. The molecule has 2 aromatic carbocycles. The monoisotopic (exact) mass is 257 g/mol. The number of benzene rings is 2. The molecule has 0 radical (unpaired) electrons. The zero-order chi connectivity index (χ0) is 13.7. The van der Waals surface area contributed by atoms with Crippen LogP contribution in [0.5, 0.6) is 11.5 Å². The van der Waals surface area contributed by atoms with Crippen molar-refractivity contribution in [2.24, 2.45) is 0 Å². The maximum Gasteiger partial charge on any atom is 0.255 e. The van der Waals surface area contributed by atoms with Gasteiger partial charge >= 0.3 is 0 Å². The summed E-state index contributed by atoms with van der Waals surface area (Å²) in [5, 5.41) is 2.81. The van der Waals surface area contributed by atoms with E-state index >= 15 is 0 Å². The first-order valence-corrected chi connectivity index (χ1v) is 5.83. The van der Waals surface area contributed by atoms with E-state index in [4.69, 9.17) is 9.47 Å². The Kier molecular flexibility index (Phi) is 4.03. The molecule has 2 rings (SSSR count). The lowest BCUT2D eigenvalue weighted by atomic mass is 10.2. The van der Waals surface area contributed by atoms with Crippen LogP contribution in [0.15, 0.2) is 48.5 Å². The topological polar surface area (TPSA) is 47.6 Å². The number of hydrogen-bond acceptors (Lipinski definition) is 3. The number of ether oxygens (including phenoxy) is 2. The van der Waals surface area contributed by atoms with Crippen molar-refractivity contribution in [1.82, 2.24) is 0 Å². The van der Waals surface area contributed by atoms with Crippen molar-refractivity contribution in [1.29, 1.82) is 0 Å². The van der Waals surface area contributed by atoms with Gasteiger partial charge in [0.25, 0.3) is 5.91 Å². The molecule has 0 heterocycles. The summed E-state index contributed by atoms with van der Waals surface area (Å²) in [5.41, 5.74) is 1.17. The smallest absolute Gasteiger partial charge is 0.255 e. The number of nitrogens with one attached hydrogen (secondary N) is 1. The van der Waals surface area contributed by atoms with Gasteiger partial charge in [-0.15, -0.1) is 0 Å². The first kappa shape index (κ1) is 13.0. The van der Waals surface area contributed by atoms with Gasteiger partial charge in [0.05, 0.1) is 19.9 Å². The third-order valence-electron chi connectivity index (χ3n) is 2.69. The third kappa shape index (κ3) is 3.04. The number of amides is 1. The van der Waals surface area contributed by atoms with Gasteiger partial charge in [0.15, 0.2) is 0 Å². The maximum absolute atomic E-state index is 12.1. The average molecular weight is 257 g/mol. The van der Waals surface area contributed by atoms with E-state index in [2.05, 4.69) is 5.32 Å². The molecule has 0 unspecified atom stereocenters. The van der Waals surface area contributed by atoms with Crippen LogP contribution in [0, 0.1) is 0 Å². The molecule has 0 saturated heterocycles. The standard InChI is InChI=1S/C15H15NO3/c1-18-12-7-5-6-11(10-12)15(17)16-13-8-3-4-9-14(13)19-2/h3-10H,1-2H3,(H,16,17). The number of anilines is 1. The Balaban J connectivity index is 2.20. The highest BCUT2D eigenvalue weighted by Crippen LogP contribution is 2.24. The summed E-state index contributed by atoms with van der Waals surface area (Å²) in [6.45, 7) is 0. The molecule has 1 N–H and O–H groups in total. The van der Waals surface area contributed by atoms with E-state index in [0.29, 0.717) is 22.7 Å². The predicted octanol–water partition coefficient (Wildman–Crippen LogP) is 2.96. The van der Waals surface area contributed by atoms with Crippen molar-refractivity contribution >= 4 is 11.6 Å². The third-order valence-corrected chi connectivity index (χ3v) is 2.69. The molecule has 98 valence electrons. The number of para-hydroxylation sites is 2. The fourth-order valence-electron chi connectivity index (χ4n) is 1.71. The van der Waals surface area contributed by atoms with E-state index in [1.807, 2.05) is 12.1 Å². The van der Waals surface area contributed by atoms with E-state index in [9.17, 15) is 4.79 Å². The van der Waals surface area contributed by atoms with Gasteiger partial charge in [-0.05, 0) is 30.3 Å². The fraction of sp³-hybridized carbons (Fsp3) is 0.133. The predicted molar refractivity (Wildman–Crippen MR) is 73.9 cm³/mol. The highest BCUT2D eigenvalue weighted by atomic mass is 16.5. The van der Waals surface area contributed by atoms with Crippen molar-refractivity contribution in [2.75, 3.05) is 19.5 Å². The molecule has 0 saturated carbocycles. The van der Waals surface area contributed by atoms with Crippen LogP contribution in [0.4, 0.5) is 5.69 Å². The second-order valence-electron chi connectivity index (χ2n) is 3.89. The Labute approximate surface area is 112 Å². The summed E-state index contributed by atoms with van der Waals surface area (Å²) in [6.07, 6.45) is 0. The van der Waals surface area contributed by atoms with Gasteiger partial charge in [-0.25, -0.2) is 0 Å². The first-order chi connectivity index (χ1) is 9.24. The fourth-order valence-corrected chi connectivity index (χ4v) is 1.71. The molecule has 0 aliphatic carbocycles. The minimum Gasteiger partial charge on any atom is -0.497 e. The SMILES string of the molecule is COc1cccc(C(=O)Nc2ccccc2OC)c1. The van der Waals surface area contributed by atoms with Crippen LogP contribution in [-0.4, -0.2) is 20.1 Å². The molecular formula is C15H15NO3. The van der Waals surface area contributed by atoms with Crippen LogP contribution < -0.4 is 14.8 Å². The largest absolute Gasteiger partial charge is 0.497 e. The van der Waals surface area contributed by atoms with Gasteiger partial charge in [-0.1, -0.05) is 18.2 Å². The van der Waals surface area contributed by atoms with Crippen molar-refractivity contribution < 1.29 is 14.3 Å². The zero-order valence-electron chi connectivity index (χ0n) is 10.8. The normalized spacial score (nSPS) is 9.79. The van der Waals surface area contributed by atoms with E-state index in [-0.39, 0.29) is 5.91 Å². The lowest BCUT2D eigenvalue weighted by molar-refractivity contribution is 0.102. The van der Waals surface area contributed by atoms with Gasteiger partial charge in [0.2, 0.25) is 0 Å². The van der Waals surface area contributed by atoms with E-state index < -0.39 is 0 Å². The van der Waals surface area contributed by atoms with Crippen LogP contribution in [0.2, 0.25) is 0 Å². The Morgan fingerprint density at radius 1 is 1.00 bits per heavy atom. The number of hydrogen-bond donors (Lipinski definition) is 1. The molecule has 0 fully saturated rings. The summed E-state index contributed by atoms with van der Waals surface area (Å²) < 4.78 is 10.3. The number of carbonyl (C=O) groups is 1. The summed E-state index contributed by atoms with van der Waals surface area (Å²) >= 11 is 0. The average Bonchev–Trinajstić information content (AvgIpc) is 2.47. The van der Waals surface area contributed by atoms with Crippen molar-refractivity contribution in [2.45, 2.75) is 0 Å². The van der Waals surface area contributed by atoms with Gasteiger partial charge in [0, 0.05) is 5.56 Å². The molecule has 19 heavy (non-hydrogen) atoms. The Bertz CT molecular complexity index is 581. The molecule has 4 nitrogen and oxygen atoms in total. The second-order valence-corrected chi connectivity index (χ2v) is 3.89. The van der Waals surface area contributed by atoms with E-state index in [0.717, 1.165) is 0 Å². The lowest BCUT2D eigenvalue weighted by Crippen LogP contribution is -2.12. The summed E-state index contributed by atoms with van der Waals surface area (Å²) in [4.78, 5) is 12.1. The highest BCUT2D eigenvalue weighted by Gasteiger charge is 2.09. The van der Waals surface area contributed by atoms with Gasteiger partial charge in [0.1, 0.15) is 11.5 Å². The molecular weight excluding hydrogens is 242 g/mol. The lowest BCUT2D eigenvalue weighted by Gasteiger charge is -2.10. The molecule has 0 spiro atoms. The zero-order valence-corrected chi connectivity index (χ0v) is 10.8. The number of methoxy groups -OCH3 is 2. The van der Waals surface area contributed by atoms with Crippen molar-refractivity contribution in [3.63, 3.8) is 0 Å². The molecule has 0 bridgehead atoms. The second kappa shape index (κ2) is 5.91. The number of rotatable bonds is 4. The molecule has 0 atom stereocenters. The molecule has 4 heteroatoms. The van der Waals surface area contributed by atoms with Gasteiger partial charge in [-0.2, -0.15) is 0 Å².